The molecule has 2 fully saturated rings. The maximum absolute atomic E-state index is 14.3. The Bertz CT molecular complexity index is 1130. The Morgan fingerprint density at radius 2 is 1.71 bits per heavy atom. The standard InChI is InChI=1S/C24H26ClF2N7O/c25-15-8-30-23(31-9-15)22(14-3-5-28-6-4-14)35-17-10-32-24(33-11-17)34-21-13-29-12-19(21)18-7-16(26)1-2-20(18)27/h1-2,7-11,14,19,21-22,28-29H,3-6,12-13H2,(H,32,33,34). The van der Waals surface area contributed by atoms with Crippen molar-refractivity contribution in [3.05, 3.63) is 71.0 Å². The summed E-state index contributed by atoms with van der Waals surface area (Å²) in [4.78, 5) is 17.6. The molecule has 0 radical (unpaired) electrons. The Morgan fingerprint density at radius 1 is 0.971 bits per heavy atom. The molecule has 2 aliphatic heterocycles. The van der Waals surface area contributed by atoms with E-state index in [4.69, 9.17) is 16.3 Å². The van der Waals surface area contributed by atoms with Crippen LogP contribution in [0.2, 0.25) is 5.02 Å². The Labute approximate surface area is 206 Å². The molecule has 35 heavy (non-hydrogen) atoms. The van der Waals surface area contributed by atoms with Crippen molar-refractivity contribution in [2.45, 2.75) is 30.9 Å². The number of anilines is 1. The summed E-state index contributed by atoms with van der Waals surface area (Å²) in [7, 11) is 0. The van der Waals surface area contributed by atoms with Gasteiger partial charge >= 0.3 is 0 Å². The summed E-state index contributed by atoms with van der Waals surface area (Å²) in [5.74, 6) is 0.547. The van der Waals surface area contributed by atoms with Gasteiger partial charge in [0.15, 0.2) is 17.7 Å². The molecule has 3 atom stereocenters. The van der Waals surface area contributed by atoms with E-state index in [1.165, 1.54) is 6.07 Å². The van der Waals surface area contributed by atoms with Crippen molar-refractivity contribution in [1.82, 2.24) is 30.6 Å². The van der Waals surface area contributed by atoms with Crippen LogP contribution in [-0.2, 0) is 0 Å². The highest BCUT2D eigenvalue weighted by molar-refractivity contribution is 6.30. The zero-order valence-corrected chi connectivity index (χ0v) is 19.7. The Hall–Kier alpha value is -2.95. The largest absolute Gasteiger partial charge is 0.479 e. The lowest BCUT2D eigenvalue weighted by molar-refractivity contribution is 0.104. The molecule has 5 rings (SSSR count). The van der Waals surface area contributed by atoms with E-state index in [-0.39, 0.29) is 24.0 Å². The average Bonchev–Trinajstić information content (AvgIpc) is 3.34. The van der Waals surface area contributed by atoms with Gasteiger partial charge in [-0.1, -0.05) is 11.6 Å². The minimum atomic E-state index is -0.460. The van der Waals surface area contributed by atoms with Crippen LogP contribution in [0.4, 0.5) is 14.7 Å². The first-order valence-electron chi connectivity index (χ1n) is 11.7. The van der Waals surface area contributed by atoms with Crippen molar-refractivity contribution >= 4 is 17.5 Å². The van der Waals surface area contributed by atoms with Crippen LogP contribution in [-0.4, -0.2) is 52.2 Å². The molecule has 2 aliphatic rings. The van der Waals surface area contributed by atoms with Crippen molar-refractivity contribution in [3.63, 3.8) is 0 Å². The van der Waals surface area contributed by atoms with Gasteiger partial charge in [0.2, 0.25) is 5.95 Å². The van der Waals surface area contributed by atoms with Gasteiger partial charge in [0.05, 0.1) is 17.4 Å². The maximum atomic E-state index is 14.3. The zero-order chi connectivity index (χ0) is 24.2. The number of aromatic nitrogens is 4. The van der Waals surface area contributed by atoms with E-state index in [1.807, 2.05) is 0 Å². The lowest BCUT2D eigenvalue weighted by atomic mass is 9.91. The molecular weight excluding hydrogens is 476 g/mol. The van der Waals surface area contributed by atoms with Gasteiger partial charge in [-0.25, -0.2) is 28.7 Å². The molecule has 4 heterocycles. The third kappa shape index (κ3) is 5.66. The fourth-order valence-corrected chi connectivity index (χ4v) is 4.79. The topological polar surface area (TPSA) is 96.9 Å². The third-order valence-corrected chi connectivity index (χ3v) is 6.68. The predicted octanol–water partition coefficient (Wildman–Crippen LogP) is 3.49. The summed E-state index contributed by atoms with van der Waals surface area (Å²) < 4.78 is 34.3. The second kappa shape index (κ2) is 10.8. The molecule has 0 aliphatic carbocycles. The van der Waals surface area contributed by atoms with E-state index in [1.54, 1.807) is 24.8 Å². The smallest absolute Gasteiger partial charge is 0.223 e. The molecule has 3 aromatic rings. The van der Waals surface area contributed by atoms with Gasteiger partial charge in [-0.15, -0.1) is 0 Å². The number of piperidine rings is 1. The fraction of sp³-hybridized carbons (Fsp3) is 0.417. The summed E-state index contributed by atoms with van der Waals surface area (Å²) in [6.07, 6.45) is 7.85. The van der Waals surface area contributed by atoms with Crippen LogP contribution in [0.5, 0.6) is 5.75 Å². The number of ether oxygens (including phenoxy) is 1. The molecule has 2 aromatic heterocycles. The fourth-order valence-electron chi connectivity index (χ4n) is 4.70. The van der Waals surface area contributed by atoms with Crippen molar-refractivity contribution in [3.8, 4) is 5.75 Å². The highest BCUT2D eigenvalue weighted by Gasteiger charge is 2.32. The van der Waals surface area contributed by atoms with Gasteiger partial charge < -0.3 is 20.7 Å². The number of hydrogen-bond donors (Lipinski definition) is 3. The van der Waals surface area contributed by atoms with Crippen molar-refractivity contribution < 1.29 is 13.5 Å². The van der Waals surface area contributed by atoms with Crippen LogP contribution in [0, 0.1) is 17.6 Å². The second-order valence-corrected chi connectivity index (χ2v) is 9.25. The molecule has 184 valence electrons. The summed E-state index contributed by atoms with van der Waals surface area (Å²) in [6, 6.07) is 3.34. The second-order valence-electron chi connectivity index (χ2n) is 8.81. The molecule has 3 N–H and O–H groups in total. The molecule has 0 saturated carbocycles. The van der Waals surface area contributed by atoms with Crippen LogP contribution >= 0.6 is 11.6 Å². The van der Waals surface area contributed by atoms with Gasteiger partial charge in [0, 0.05) is 43.4 Å². The summed E-state index contributed by atoms with van der Waals surface area (Å²) in [6.45, 7) is 2.91. The predicted molar refractivity (Wildman–Crippen MR) is 127 cm³/mol. The quantitative estimate of drug-likeness (QED) is 0.453. The van der Waals surface area contributed by atoms with Gasteiger partial charge in [-0.3, -0.25) is 0 Å². The molecule has 0 bridgehead atoms. The van der Waals surface area contributed by atoms with Crippen molar-refractivity contribution in [2.24, 2.45) is 5.92 Å². The van der Waals surface area contributed by atoms with Crippen LogP contribution in [0.3, 0.4) is 0 Å². The highest BCUT2D eigenvalue weighted by atomic mass is 35.5. The molecule has 3 unspecified atom stereocenters. The van der Waals surface area contributed by atoms with Crippen molar-refractivity contribution in [2.75, 3.05) is 31.5 Å². The Kier molecular flexibility index (Phi) is 7.31. The van der Waals surface area contributed by atoms with Gasteiger partial charge in [0.25, 0.3) is 0 Å². The molecule has 11 heteroatoms. The summed E-state index contributed by atoms with van der Waals surface area (Å²) in [5.41, 5.74) is 0.334. The first kappa shape index (κ1) is 23.8. The average molecular weight is 502 g/mol. The van der Waals surface area contributed by atoms with Crippen LogP contribution in [0.1, 0.15) is 36.3 Å². The summed E-state index contributed by atoms with van der Waals surface area (Å²) >= 11 is 5.97. The molecule has 1 aromatic carbocycles. The van der Waals surface area contributed by atoms with E-state index in [0.29, 0.717) is 41.2 Å². The molecular formula is C24H26ClF2N7O. The molecule has 0 amide bonds. The van der Waals surface area contributed by atoms with E-state index in [0.717, 1.165) is 38.1 Å². The number of halogens is 3. The van der Waals surface area contributed by atoms with E-state index >= 15 is 0 Å². The third-order valence-electron chi connectivity index (χ3n) is 6.48. The Morgan fingerprint density at radius 3 is 2.46 bits per heavy atom. The highest BCUT2D eigenvalue weighted by Crippen LogP contribution is 2.32. The number of nitrogens with zero attached hydrogens (tertiary/aromatic N) is 4. The Balaban J connectivity index is 1.29. The van der Waals surface area contributed by atoms with E-state index in [9.17, 15) is 8.78 Å². The van der Waals surface area contributed by atoms with Crippen LogP contribution in [0.15, 0.2) is 43.0 Å². The molecule has 8 nitrogen and oxygen atoms in total. The van der Waals surface area contributed by atoms with Gasteiger partial charge in [-0.05, 0) is 49.7 Å². The maximum Gasteiger partial charge on any atom is 0.223 e. The minimum Gasteiger partial charge on any atom is -0.479 e. The number of benzene rings is 1. The van der Waals surface area contributed by atoms with Gasteiger partial charge in [0.1, 0.15) is 11.6 Å². The van der Waals surface area contributed by atoms with Crippen LogP contribution < -0.4 is 20.7 Å². The summed E-state index contributed by atoms with van der Waals surface area (Å²) in [5, 5.41) is 10.3. The monoisotopic (exact) mass is 501 g/mol. The SMILES string of the molecule is Fc1ccc(F)c(C2CNCC2Nc2ncc(OC(c3ncc(Cl)cn3)C3CCNCC3)cn2)c1. The van der Waals surface area contributed by atoms with E-state index < -0.39 is 11.6 Å². The minimum absolute atomic E-state index is 0.192. The zero-order valence-electron chi connectivity index (χ0n) is 18.9. The lowest BCUT2D eigenvalue weighted by Crippen LogP contribution is -2.33. The number of hydrogen-bond acceptors (Lipinski definition) is 8. The number of rotatable bonds is 7. The normalized spacial score (nSPS) is 21.6. The molecule has 0 spiro atoms. The first-order chi connectivity index (χ1) is 17.1. The van der Waals surface area contributed by atoms with Gasteiger partial charge in [-0.2, -0.15) is 0 Å². The van der Waals surface area contributed by atoms with Crippen molar-refractivity contribution in [1.29, 1.82) is 0 Å². The first-order valence-corrected chi connectivity index (χ1v) is 12.0. The van der Waals surface area contributed by atoms with Crippen LogP contribution in [0.25, 0.3) is 0 Å². The van der Waals surface area contributed by atoms with E-state index in [2.05, 4.69) is 35.9 Å². The number of nitrogens with one attached hydrogen (secondary N) is 3. The lowest BCUT2D eigenvalue weighted by Gasteiger charge is -2.30. The molecule has 2 saturated heterocycles.